The molecule has 0 aliphatic heterocycles. The van der Waals surface area contributed by atoms with Gasteiger partial charge < -0.3 is 4.57 Å². The number of benzene rings is 9. The van der Waals surface area contributed by atoms with Gasteiger partial charge in [-0.25, -0.2) is 15.0 Å². The van der Waals surface area contributed by atoms with Crippen molar-refractivity contribution < 1.29 is 4.57 Å². The van der Waals surface area contributed by atoms with Crippen LogP contribution in [0.15, 0.2) is 243 Å². The lowest BCUT2D eigenvalue weighted by Crippen LogP contribution is -2.30. The van der Waals surface area contributed by atoms with Gasteiger partial charge in [-0.05, 0) is 57.3 Å². The van der Waals surface area contributed by atoms with E-state index < -0.39 is 7.14 Å². The Morgan fingerprint density at radius 3 is 1.06 bits per heavy atom. The summed E-state index contributed by atoms with van der Waals surface area (Å²) in [5.74, 6) is 1.93. The lowest BCUT2D eigenvalue weighted by Gasteiger charge is -2.39. The van der Waals surface area contributed by atoms with E-state index >= 15 is 0 Å². The van der Waals surface area contributed by atoms with Crippen LogP contribution in [0.4, 0.5) is 0 Å². The van der Waals surface area contributed by atoms with Crippen LogP contribution in [0, 0.1) is 0 Å². The van der Waals surface area contributed by atoms with Crippen LogP contribution in [0.3, 0.4) is 0 Å². The van der Waals surface area contributed by atoms with Gasteiger partial charge in [-0.3, -0.25) is 0 Å². The number of aromatic nitrogens is 3. The van der Waals surface area contributed by atoms with Gasteiger partial charge >= 0.3 is 0 Å². The molecule has 4 nitrogen and oxygen atoms in total. The predicted octanol–water partition coefficient (Wildman–Crippen LogP) is 14.8. The fraction of sp³-hybridized carbons (Fsp3) is 0.0952. The van der Waals surface area contributed by atoms with Gasteiger partial charge in [0.1, 0.15) is 0 Å². The summed E-state index contributed by atoms with van der Waals surface area (Å²) in [4.78, 5) is 15.3. The molecule has 0 radical (unpaired) electrons. The summed E-state index contributed by atoms with van der Waals surface area (Å²) in [5, 5.41) is 2.51. The molecule has 1 aromatic heterocycles. The van der Waals surface area contributed by atoms with Crippen LogP contribution in [0.2, 0.25) is 0 Å². The molecule has 5 heteroatoms. The maximum absolute atomic E-state index is 15.0. The largest absolute Gasteiger partial charge is 0.309 e. The van der Waals surface area contributed by atoms with Crippen molar-refractivity contribution in [1.29, 1.82) is 0 Å². The van der Waals surface area contributed by atoms with Crippen molar-refractivity contribution in [3.8, 4) is 67.5 Å². The summed E-state index contributed by atoms with van der Waals surface area (Å²) in [5.41, 5.74) is 12.3. The van der Waals surface area contributed by atoms with Gasteiger partial charge in [-0.1, -0.05) is 262 Å². The molecule has 0 atom stereocenters. The van der Waals surface area contributed by atoms with Crippen molar-refractivity contribution >= 4 is 23.1 Å². The average molecular weight is 896 g/mol. The van der Waals surface area contributed by atoms with Crippen LogP contribution >= 0.6 is 7.14 Å². The monoisotopic (exact) mass is 895 g/mol. The minimum Gasteiger partial charge on any atom is -0.309 e. The van der Waals surface area contributed by atoms with Gasteiger partial charge in [-0.15, -0.1) is 0 Å². The summed E-state index contributed by atoms with van der Waals surface area (Å²) >= 11 is 0. The van der Waals surface area contributed by atoms with E-state index in [0.29, 0.717) is 17.5 Å². The Kier molecular flexibility index (Phi) is 11.9. The maximum Gasteiger partial charge on any atom is 0.171 e. The second-order valence-electron chi connectivity index (χ2n) is 17.8. The molecule has 1 aliphatic carbocycles. The Morgan fingerprint density at radius 2 is 0.603 bits per heavy atom. The van der Waals surface area contributed by atoms with Crippen molar-refractivity contribution in [2.24, 2.45) is 0 Å². The SMILES string of the molecule is O=P(c1ccccc1)(c1ccccc1)c1ccc(-c2ccc(C3(c4ccc(-c5nc(-c6ccccc6)nc(-c6ccc(-c7ccccc7-c7ccccc7)cc6)n5)cc4)CCCCC3)cc2)cc1. The van der Waals surface area contributed by atoms with E-state index in [4.69, 9.17) is 15.0 Å². The molecule has 1 aliphatic rings. The Hall–Kier alpha value is -7.78. The van der Waals surface area contributed by atoms with Crippen molar-refractivity contribution in [2.75, 3.05) is 0 Å². The molecule has 0 unspecified atom stereocenters. The van der Waals surface area contributed by atoms with Crippen LogP contribution in [0.5, 0.6) is 0 Å². The molecule has 11 rings (SSSR count). The van der Waals surface area contributed by atoms with E-state index in [9.17, 15) is 4.57 Å². The smallest absolute Gasteiger partial charge is 0.171 e. The molecule has 328 valence electrons. The highest BCUT2D eigenvalue weighted by atomic mass is 31.2. The topological polar surface area (TPSA) is 55.7 Å². The number of nitrogens with zero attached hydrogens (tertiary/aromatic N) is 3. The molecule has 1 fully saturated rings. The summed E-state index contributed by atoms with van der Waals surface area (Å²) in [6.07, 6.45) is 5.79. The molecule has 1 heterocycles. The Labute approximate surface area is 399 Å². The van der Waals surface area contributed by atoms with Gasteiger partial charge in [0, 0.05) is 38.0 Å². The van der Waals surface area contributed by atoms with Gasteiger partial charge in [0.2, 0.25) is 0 Å². The first kappa shape index (κ1) is 42.8. The second kappa shape index (κ2) is 18.8. The molecule has 0 amide bonds. The summed E-state index contributed by atoms with van der Waals surface area (Å²) < 4.78 is 15.0. The second-order valence-corrected chi connectivity index (χ2v) is 20.6. The molecule has 1 saturated carbocycles. The summed E-state index contributed by atoms with van der Waals surface area (Å²) in [6.45, 7) is 0. The highest BCUT2D eigenvalue weighted by molar-refractivity contribution is 7.85. The van der Waals surface area contributed by atoms with E-state index in [2.05, 4.69) is 164 Å². The summed E-state index contributed by atoms with van der Waals surface area (Å²) in [7, 11) is -3.05. The zero-order chi connectivity index (χ0) is 45.8. The first-order chi connectivity index (χ1) is 33.5. The maximum atomic E-state index is 15.0. The minimum atomic E-state index is -3.05. The molecular weight excluding hydrogens is 846 g/mol. The van der Waals surface area contributed by atoms with E-state index in [1.807, 2.05) is 78.9 Å². The quantitative estimate of drug-likeness (QED) is 0.121. The zero-order valence-electron chi connectivity index (χ0n) is 37.8. The van der Waals surface area contributed by atoms with Crippen molar-refractivity contribution in [1.82, 2.24) is 15.0 Å². The van der Waals surface area contributed by atoms with Crippen molar-refractivity contribution in [3.63, 3.8) is 0 Å². The minimum absolute atomic E-state index is 0.0997. The van der Waals surface area contributed by atoms with E-state index in [0.717, 1.165) is 62.1 Å². The van der Waals surface area contributed by atoms with E-state index in [1.165, 1.54) is 47.1 Å². The summed E-state index contributed by atoms with van der Waals surface area (Å²) in [6, 6.07) is 84.1. The molecule has 10 aromatic rings. The fourth-order valence-corrected chi connectivity index (χ4v) is 12.8. The van der Waals surface area contributed by atoms with Crippen molar-refractivity contribution in [2.45, 2.75) is 37.5 Å². The zero-order valence-corrected chi connectivity index (χ0v) is 38.7. The van der Waals surface area contributed by atoms with Crippen LogP contribution < -0.4 is 15.9 Å². The van der Waals surface area contributed by atoms with E-state index in [-0.39, 0.29) is 5.41 Å². The van der Waals surface area contributed by atoms with Gasteiger partial charge in [0.15, 0.2) is 24.6 Å². The fourth-order valence-electron chi connectivity index (χ4n) is 10.2. The highest BCUT2D eigenvalue weighted by Crippen LogP contribution is 2.46. The number of hydrogen-bond acceptors (Lipinski definition) is 4. The lowest BCUT2D eigenvalue weighted by molar-refractivity contribution is 0.346. The lowest BCUT2D eigenvalue weighted by atomic mass is 9.65. The molecule has 0 spiro atoms. The van der Waals surface area contributed by atoms with Gasteiger partial charge in [-0.2, -0.15) is 0 Å². The van der Waals surface area contributed by atoms with Crippen LogP contribution in [0.1, 0.15) is 43.2 Å². The standard InChI is InChI=1S/C63H50N3OP/c67-68(55-22-10-3-11-23-55,56-24-12-4-13-25-56)57-42-36-47(37-43-57)46-32-38-53(39-33-46)63(44-16-5-17-45-63)54-40-34-52(35-41-54)62-65-60(50-20-8-2-9-21-50)64-61(66-62)51-30-28-49(29-31-51)59-27-15-14-26-58(59)48-18-6-1-7-19-48/h1-4,6-15,18-43H,5,16-17,44-45H2. The third kappa shape index (κ3) is 8.34. The molecule has 0 bridgehead atoms. The Bertz CT molecular complexity index is 3290. The van der Waals surface area contributed by atoms with Crippen LogP contribution in [-0.2, 0) is 9.98 Å². The third-order valence-corrected chi connectivity index (χ3v) is 16.9. The predicted molar refractivity (Wildman–Crippen MR) is 282 cm³/mol. The van der Waals surface area contributed by atoms with E-state index in [1.54, 1.807) is 0 Å². The van der Waals surface area contributed by atoms with Crippen LogP contribution in [0.25, 0.3) is 67.5 Å². The number of rotatable bonds is 11. The average Bonchev–Trinajstić information content (AvgIpc) is 3.44. The normalized spacial score (nSPS) is 13.5. The van der Waals surface area contributed by atoms with Crippen molar-refractivity contribution in [3.05, 3.63) is 254 Å². The molecule has 9 aromatic carbocycles. The Balaban J connectivity index is 0.890. The van der Waals surface area contributed by atoms with Crippen LogP contribution in [-0.4, -0.2) is 15.0 Å². The first-order valence-corrected chi connectivity index (χ1v) is 25.4. The molecule has 0 N–H and O–H groups in total. The molecule has 68 heavy (non-hydrogen) atoms. The number of hydrogen-bond donors (Lipinski definition) is 0. The van der Waals surface area contributed by atoms with Gasteiger partial charge in [0.05, 0.1) is 0 Å². The third-order valence-electron chi connectivity index (χ3n) is 13.8. The molecule has 0 saturated heterocycles. The van der Waals surface area contributed by atoms with Gasteiger partial charge in [0.25, 0.3) is 0 Å². The molecular formula is C63H50N3OP. The highest BCUT2D eigenvalue weighted by Gasteiger charge is 2.36. The first-order valence-electron chi connectivity index (χ1n) is 23.7. The Morgan fingerprint density at radius 1 is 0.294 bits per heavy atom.